The molecule has 0 aliphatic carbocycles. The molecule has 0 atom stereocenters. The maximum absolute atomic E-state index is 10.2. The molecule has 0 radical (unpaired) electrons. The summed E-state index contributed by atoms with van der Waals surface area (Å²) >= 11 is 3.24. The van der Waals surface area contributed by atoms with E-state index in [9.17, 15) is 9.50 Å². The van der Waals surface area contributed by atoms with E-state index in [1.54, 1.807) is 28.4 Å². The van der Waals surface area contributed by atoms with Gasteiger partial charge in [-0.3, -0.25) is 9.18 Å². The third-order valence-electron chi connectivity index (χ3n) is 7.46. The van der Waals surface area contributed by atoms with Crippen LogP contribution in [-0.2, 0) is 50.3 Å². The molecule has 1 N–H and O–H groups in total. The van der Waals surface area contributed by atoms with Crippen LogP contribution in [0.25, 0.3) is 0 Å². The number of carbonyl (C=O) groups is 1. The van der Waals surface area contributed by atoms with Crippen molar-refractivity contribution < 1.29 is 198 Å². The van der Waals surface area contributed by atoms with Crippen LogP contribution in [0, 0.1) is 0 Å². The number of phenols is 1. The van der Waals surface area contributed by atoms with Gasteiger partial charge in [0.2, 0.25) is 0 Å². The van der Waals surface area contributed by atoms with E-state index in [1.165, 1.54) is 0 Å². The monoisotopic (exact) mass is 1120 g/mol. The third-order valence-corrected chi connectivity index (χ3v) is 7.78. The van der Waals surface area contributed by atoms with Crippen LogP contribution in [0.2, 0.25) is 0 Å². The first kappa shape index (κ1) is 65.0. The molecule has 0 heterocycles. The maximum atomic E-state index is 10.2. The van der Waals surface area contributed by atoms with Gasteiger partial charge in [-0.25, -0.2) is 0 Å². The standard InChI is InChI=1S/C20H34O4.C15H24O2.C5H11BrO2.CH3F.CH2O3.2Cs.H/c1-19(2,3)15-14-18(24-12-11-23-10-9-21-7)16(20(4,5)6)13-17(15)22-8;1-14(2,3)10-9-13(17-7)11(8-12(10)16)15(4,5)6;1-7-4-5-8-3-2-6;1-2;2-1-4-3;;;/h13-14H,9-12H2,1-8H3;8-9,16H,1-7H3;2-5H2,1H3;1H3;1,3H;;;/q;;;;;2*+1;-1/p-1/i;;;1D;;;;. The summed E-state index contributed by atoms with van der Waals surface area (Å²) in [5.74, 6) is 3.02. The molecule has 0 fully saturated rings. The van der Waals surface area contributed by atoms with Crippen molar-refractivity contribution in [2.24, 2.45) is 0 Å². The van der Waals surface area contributed by atoms with E-state index in [4.69, 9.17) is 44.6 Å². The first-order valence-corrected chi connectivity index (χ1v) is 19.1. The Morgan fingerprint density at radius 3 is 1.30 bits per heavy atom. The summed E-state index contributed by atoms with van der Waals surface area (Å²) in [6.45, 7) is 29.9. The van der Waals surface area contributed by atoms with Gasteiger partial charge in [-0.1, -0.05) is 99.0 Å². The number of aromatic hydroxyl groups is 1. The fraction of sp³-hybridized carbons (Fsp3) is 0.690. The average molecular weight is 1120 g/mol. The maximum Gasteiger partial charge on any atom is 1.00 e. The Morgan fingerprint density at radius 1 is 0.649 bits per heavy atom. The van der Waals surface area contributed by atoms with Gasteiger partial charge in [0.15, 0.2) is 0 Å². The number of hydrogen-bond donors (Lipinski definition) is 1. The molecule has 2 rings (SSSR count). The second-order valence-corrected chi connectivity index (χ2v) is 16.9. The molecule has 2 aromatic carbocycles. The van der Waals surface area contributed by atoms with Crippen LogP contribution < -0.4 is 157 Å². The first-order valence-electron chi connectivity index (χ1n) is 18.7. The zero-order valence-corrected chi connectivity index (χ0v) is 52.7. The van der Waals surface area contributed by atoms with Gasteiger partial charge in [-0.2, -0.15) is 0 Å². The second-order valence-electron chi connectivity index (χ2n) is 16.1. The van der Waals surface area contributed by atoms with Crippen molar-refractivity contribution in [2.45, 2.75) is 105 Å². The summed E-state index contributed by atoms with van der Waals surface area (Å²) in [5, 5.41) is 19.5. The Morgan fingerprint density at radius 2 is 0.965 bits per heavy atom. The Labute approximate surface area is 474 Å². The largest absolute Gasteiger partial charge is 1.00 e. The number of methoxy groups -OCH3 is 4. The number of alkyl halides is 2. The van der Waals surface area contributed by atoms with Crippen LogP contribution in [0.3, 0.4) is 0 Å². The van der Waals surface area contributed by atoms with Gasteiger partial charge in [0, 0.05) is 41.8 Å². The summed E-state index contributed by atoms with van der Waals surface area (Å²) in [4.78, 5) is 11.2. The van der Waals surface area contributed by atoms with Crippen molar-refractivity contribution in [3.05, 3.63) is 46.5 Å². The molecule has 0 bridgehead atoms. The number of benzene rings is 2. The van der Waals surface area contributed by atoms with Crippen LogP contribution >= 0.6 is 15.9 Å². The second kappa shape index (κ2) is 36.9. The summed E-state index contributed by atoms with van der Waals surface area (Å²) < 4.78 is 52.9. The van der Waals surface area contributed by atoms with Crippen molar-refractivity contribution in [1.82, 2.24) is 0 Å². The van der Waals surface area contributed by atoms with Crippen LogP contribution in [-0.4, -0.2) is 98.7 Å². The Hall–Kier alpha value is 1.42. The van der Waals surface area contributed by atoms with Crippen molar-refractivity contribution in [2.75, 3.05) is 87.2 Å². The molecule has 0 aliphatic rings. The molecule has 0 saturated carbocycles. The van der Waals surface area contributed by atoms with E-state index in [2.05, 4.69) is 116 Å². The number of hydrogen-bond acceptors (Lipinski definition) is 11. The number of carbonyl (C=O) groups excluding carboxylic acids is 1. The molecule has 0 aliphatic heterocycles. The molecule has 0 saturated heterocycles. The molecule has 57 heavy (non-hydrogen) atoms. The Balaban J connectivity index is -0.000000175. The van der Waals surface area contributed by atoms with Crippen molar-refractivity contribution in [1.29, 1.82) is 0 Å². The molecule has 15 heteroatoms. The smallest absolute Gasteiger partial charge is 1.00 e. The predicted molar refractivity (Wildman–Crippen MR) is 222 cm³/mol. The molecule has 11 nitrogen and oxygen atoms in total. The topological polar surface area (TPSA) is 134 Å². The SMILES string of the molecule is COCCOCCBr.COCCOCCOc1cc(C(C)(C)C)c(OC)cc1C(C)(C)C.COc1cc(C(C)(C)C)c(O)cc1C(C)(C)C.O=CO[O-].[2H]CF.[Cs+].[Cs+].[H-]. The third kappa shape index (κ3) is 31.0. The summed E-state index contributed by atoms with van der Waals surface area (Å²) in [6.07, 6.45) is 0. The number of phenolic OH excluding ortho intramolecular Hbond substituents is 1. The first-order chi connectivity index (χ1) is 25.9. The van der Waals surface area contributed by atoms with E-state index in [-0.39, 0.29) is 167 Å². The van der Waals surface area contributed by atoms with Gasteiger partial charge in [0.25, 0.3) is 6.47 Å². The number of rotatable bonds is 15. The molecule has 0 spiro atoms. The van der Waals surface area contributed by atoms with E-state index >= 15 is 0 Å². The van der Waals surface area contributed by atoms with Crippen LogP contribution in [0.5, 0.6) is 23.0 Å². The molecule has 0 amide bonds. The fourth-order valence-corrected chi connectivity index (χ4v) is 4.93. The van der Waals surface area contributed by atoms with Crippen molar-refractivity contribution in [3.63, 3.8) is 0 Å². The van der Waals surface area contributed by atoms with Gasteiger partial charge in [-0.05, 0) is 45.9 Å². The number of ether oxygens (including phenoxy) is 7. The fourth-order valence-electron chi connectivity index (χ4n) is 4.70. The summed E-state index contributed by atoms with van der Waals surface area (Å²) in [5.41, 5.74) is 4.06. The zero-order chi connectivity index (χ0) is 44.2. The van der Waals surface area contributed by atoms with Gasteiger partial charge in [0.1, 0.15) is 29.6 Å². The van der Waals surface area contributed by atoms with Crippen LogP contribution in [0.1, 0.15) is 108 Å². The van der Waals surface area contributed by atoms with Gasteiger partial charge in [-0.15, -0.1) is 0 Å². The summed E-state index contributed by atoms with van der Waals surface area (Å²) in [7, 11) is 5.73. The van der Waals surface area contributed by atoms with Crippen LogP contribution in [0.15, 0.2) is 24.3 Å². The minimum atomic E-state index is -1.00. The van der Waals surface area contributed by atoms with Crippen molar-refractivity contribution >= 4 is 22.4 Å². The number of halogens is 2. The minimum Gasteiger partial charge on any atom is -1.00 e. The average Bonchev–Trinajstić information content (AvgIpc) is 3.10. The molecular formula is C42H74BrCs2FO11. The quantitative estimate of drug-likeness (QED) is 0.0929. The van der Waals surface area contributed by atoms with E-state index in [1.807, 2.05) is 12.1 Å². The van der Waals surface area contributed by atoms with Gasteiger partial charge >= 0.3 is 138 Å². The van der Waals surface area contributed by atoms with E-state index < -0.39 is 7.15 Å². The molecule has 0 unspecified atom stereocenters. The Kier molecular flexibility index (Phi) is 42.1. The normalized spacial score (nSPS) is 11.0. The van der Waals surface area contributed by atoms with E-state index in [0.29, 0.717) is 45.4 Å². The van der Waals surface area contributed by atoms with E-state index in [0.717, 1.165) is 51.4 Å². The summed E-state index contributed by atoms with van der Waals surface area (Å²) in [6, 6.07) is 8.02. The molecule has 324 valence electrons. The minimum absolute atomic E-state index is 0. The van der Waals surface area contributed by atoms with Gasteiger partial charge in [0.05, 0.1) is 62.4 Å². The molecule has 2 aromatic rings. The molecular weight excluding hydrogens is 1050 g/mol. The zero-order valence-electron chi connectivity index (χ0n) is 40.5. The van der Waals surface area contributed by atoms with Crippen molar-refractivity contribution in [3.8, 4) is 23.0 Å². The van der Waals surface area contributed by atoms with Gasteiger partial charge < -0.3 is 49.8 Å². The molecule has 0 aromatic heterocycles. The van der Waals surface area contributed by atoms with Crippen LogP contribution in [0.4, 0.5) is 4.39 Å². The Bertz CT molecular complexity index is 1310. The predicted octanol–water partition coefficient (Wildman–Crippen LogP) is 2.51.